The van der Waals surface area contributed by atoms with Gasteiger partial charge in [-0.05, 0) is 42.7 Å². The first-order chi connectivity index (χ1) is 19.7. The molecule has 1 aliphatic rings. The first kappa shape index (κ1) is 28.3. The molecule has 1 aromatic heterocycles. The molecule has 4 N–H and O–H groups in total. The number of methoxy groups -OCH3 is 2. The summed E-state index contributed by atoms with van der Waals surface area (Å²) >= 11 is 0. The van der Waals surface area contributed by atoms with Crippen LogP contribution in [-0.4, -0.2) is 57.1 Å². The van der Waals surface area contributed by atoms with Crippen LogP contribution in [0.2, 0.25) is 0 Å². The largest absolute Gasteiger partial charge is 0.497 e. The van der Waals surface area contributed by atoms with Gasteiger partial charge in [0, 0.05) is 43.5 Å². The molecule has 0 aliphatic carbocycles. The predicted molar refractivity (Wildman–Crippen MR) is 155 cm³/mol. The summed E-state index contributed by atoms with van der Waals surface area (Å²) in [4.78, 5) is 22.1. The fraction of sp³-hybridized carbons (Fsp3) is 0.276. The van der Waals surface area contributed by atoms with E-state index in [0.29, 0.717) is 59.8 Å². The number of benzene rings is 3. The number of ether oxygens (including phenoxy) is 3. The first-order valence-electron chi connectivity index (χ1n) is 13.0. The fourth-order valence-electron chi connectivity index (χ4n) is 4.56. The van der Waals surface area contributed by atoms with Gasteiger partial charge >= 0.3 is 0 Å². The van der Waals surface area contributed by atoms with Gasteiger partial charge in [0.15, 0.2) is 17.4 Å². The summed E-state index contributed by atoms with van der Waals surface area (Å²) in [6.07, 6.45) is 0.877. The summed E-state index contributed by atoms with van der Waals surface area (Å²) in [5.41, 5.74) is 7.53. The zero-order valence-corrected chi connectivity index (χ0v) is 23.5. The molecule has 0 spiro atoms. The number of nitrogens with one attached hydrogen (secondary N) is 2. The molecule has 11 nitrogen and oxygen atoms in total. The van der Waals surface area contributed by atoms with Crippen LogP contribution >= 0.6 is 0 Å². The molecule has 5 rings (SSSR count). The lowest BCUT2D eigenvalue weighted by Gasteiger charge is -2.31. The molecule has 1 fully saturated rings. The molecule has 0 bridgehead atoms. The van der Waals surface area contributed by atoms with Crippen LogP contribution in [0.25, 0.3) is 11.0 Å². The summed E-state index contributed by atoms with van der Waals surface area (Å²) in [5.74, 6) is 1.10. The number of Topliss-reactive ketones (excluding diaryl/α,β-unsaturated/α-hetero) is 1. The number of para-hydroxylation sites is 2. The molecular formula is C29H31N5O6S. The van der Waals surface area contributed by atoms with Crippen LogP contribution in [0.15, 0.2) is 71.6 Å². The van der Waals surface area contributed by atoms with Gasteiger partial charge in [-0.1, -0.05) is 24.3 Å². The molecule has 0 unspecified atom stereocenters. The number of carbonyl (C=O) groups excluding carboxylic acids is 1. The Kier molecular flexibility index (Phi) is 8.06. The van der Waals surface area contributed by atoms with Crippen LogP contribution in [0.4, 0.5) is 17.3 Å². The number of rotatable bonds is 10. The van der Waals surface area contributed by atoms with Crippen LogP contribution in [-0.2, 0) is 26.0 Å². The second-order valence-electron chi connectivity index (χ2n) is 9.76. The summed E-state index contributed by atoms with van der Waals surface area (Å²) in [7, 11) is -1.06. The van der Waals surface area contributed by atoms with Gasteiger partial charge < -0.3 is 25.3 Å². The molecule has 1 aliphatic heterocycles. The van der Waals surface area contributed by atoms with Crippen molar-refractivity contribution in [3.05, 3.63) is 72.3 Å². The van der Waals surface area contributed by atoms with E-state index in [2.05, 4.69) is 20.0 Å². The van der Waals surface area contributed by atoms with Crippen molar-refractivity contribution >= 4 is 44.2 Å². The number of carbonyl (C=O) groups is 1. The summed E-state index contributed by atoms with van der Waals surface area (Å²) in [5, 5.41) is 3.14. The van der Waals surface area contributed by atoms with Gasteiger partial charge in [0.2, 0.25) is 0 Å². The van der Waals surface area contributed by atoms with Crippen molar-refractivity contribution in [1.29, 1.82) is 0 Å². The van der Waals surface area contributed by atoms with Gasteiger partial charge in [0.1, 0.15) is 11.5 Å². The number of nitrogens with two attached hydrogens (primary N) is 1. The molecule has 3 aromatic carbocycles. The average Bonchev–Trinajstić information content (AvgIpc) is 2.97. The van der Waals surface area contributed by atoms with Crippen molar-refractivity contribution in [2.24, 2.45) is 5.73 Å². The molecule has 4 aromatic rings. The van der Waals surface area contributed by atoms with Crippen molar-refractivity contribution in [1.82, 2.24) is 9.97 Å². The Morgan fingerprint density at radius 2 is 1.56 bits per heavy atom. The van der Waals surface area contributed by atoms with E-state index >= 15 is 0 Å². The van der Waals surface area contributed by atoms with Crippen molar-refractivity contribution in [2.75, 3.05) is 37.5 Å². The van der Waals surface area contributed by atoms with Crippen molar-refractivity contribution in [3.8, 4) is 11.5 Å². The highest BCUT2D eigenvalue weighted by molar-refractivity contribution is 7.92. The third-order valence-corrected chi connectivity index (χ3v) is 8.27. The molecule has 214 valence electrons. The monoisotopic (exact) mass is 577 g/mol. The van der Waals surface area contributed by atoms with E-state index in [1.807, 2.05) is 6.07 Å². The highest BCUT2D eigenvalue weighted by atomic mass is 32.2. The lowest BCUT2D eigenvalue weighted by Crippen LogP contribution is -2.52. The Bertz CT molecular complexity index is 1670. The zero-order valence-electron chi connectivity index (χ0n) is 22.7. The minimum Gasteiger partial charge on any atom is -0.497 e. The maximum atomic E-state index is 13.6. The lowest BCUT2D eigenvalue weighted by atomic mass is 9.84. The molecule has 2 heterocycles. The first-order valence-corrected chi connectivity index (χ1v) is 14.5. The Balaban J connectivity index is 1.45. The van der Waals surface area contributed by atoms with Gasteiger partial charge in [-0.3, -0.25) is 9.52 Å². The molecule has 1 saturated heterocycles. The van der Waals surface area contributed by atoms with E-state index in [1.54, 1.807) is 48.5 Å². The molecule has 0 saturated carbocycles. The Hall–Kier alpha value is -4.26. The number of fused-ring (bicyclic) bond motifs is 1. The van der Waals surface area contributed by atoms with Crippen LogP contribution in [0.5, 0.6) is 11.5 Å². The maximum Gasteiger partial charge on any atom is 0.263 e. The maximum absolute atomic E-state index is 13.6. The van der Waals surface area contributed by atoms with Crippen molar-refractivity contribution < 1.29 is 27.4 Å². The molecule has 0 amide bonds. The second kappa shape index (κ2) is 11.7. The van der Waals surface area contributed by atoms with E-state index in [9.17, 15) is 13.2 Å². The molecule has 0 atom stereocenters. The normalized spacial score (nSPS) is 14.8. The fourth-order valence-corrected chi connectivity index (χ4v) is 5.64. The smallest absolute Gasteiger partial charge is 0.263 e. The average molecular weight is 578 g/mol. The predicted octanol–water partition coefficient (Wildman–Crippen LogP) is 3.81. The van der Waals surface area contributed by atoms with E-state index in [-0.39, 0.29) is 28.7 Å². The second-order valence-corrected chi connectivity index (χ2v) is 11.4. The third kappa shape index (κ3) is 6.40. The van der Waals surface area contributed by atoms with Crippen molar-refractivity contribution in [3.63, 3.8) is 0 Å². The molecule has 0 radical (unpaired) electrons. The van der Waals surface area contributed by atoms with Gasteiger partial charge in [-0.25, -0.2) is 18.4 Å². The number of hydrogen-bond donors (Lipinski definition) is 3. The highest BCUT2D eigenvalue weighted by Crippen LogP contribution is 2.31. The number of hydrogen-bond acceptors (Lipinski definition) is 10. The SMILES string of the molecule is COc1cc(Nc2nc3ccccc3nc2NS(=O)(=O)c2cccc(CC(=O)C3(N)CCOCC3)c2)cc(OC)c1. The summed E-state index contributed by atoms with van der Waals surface area (Å²) in [6.45, 7) is 0.846. The van der Waals surface area contributed by atoms with Crippen LogP contribution < -0.4 is 25.2 Å². The number of nitrogens with zero attached hydrogens (tertiary/aromatic N) is 2. The Morgan fingerprint density at radius 3 is 2.20 bits per heavy atom. The number of ketones is 1. The molecular weight excluding hydrogens is 546 g/mol. The quantitative estimate of drug-likeness (QED) is 0.253. The van der Waals surface area contributed by atoms with Crippen LogP contribution in [0, 0.1) is 0 Å². The standard InChI is InChI=1S/C29H31N5O6S/c1-38-21-16-20(17-22(18-21)39-2)31-27-28(33-25-9-4-3-8-24(25)32-27)34-41(36,37)23-7-5-6-19(14-23)15-26(35)29(30)10-12-40-13-11-29/h3-9,14,16-18H,10-13,15,30H2,1-2H3,(H,31,32)(H,33,34). The topological polar surface area (TPSA) is 155 Å². The number of sulfonamides is 1. The van der Waals surface area contributed by atoms with Gasteiger partial charge in [0.05, 0.1) is 35.7 Å². The number of anilines is 3. The van der Waals surface area contributed by atoms with E-state index in [1.165, 1.54) is 26.4 Å². The number of aromatic nitrogens is 2. The Morgan fingerprint density at radius 1 is 0.927 bits per heavy atom. The Labute approximate surface area is 238 Å². The van der Waals surface area contributed by atoms with Gasteiger partial charge in [-0.15, -0.1) is 0 Å². The minimum atomic E-state index is -4.13. The van der Waals surface area contributed by atoms with E-state index < -0.39 is 15.6 Å². The summed E-state index contributed by atoms with van der Waals surface area (Å²) < 4.78 is 45.8. The third-order valence-electron chi connectivity index (χ3n) is 6.93. The minimum absolute atomic E-state index is 0.00455. The van der Waals surface area contributed by atoms with Gasteiger partial charge in [0.25, 0.3) is 10.0 Å². The van der Waals surface area contributed by atoms with Crippen LogP contribution in [0.3, 0.4) is 0 Å². The van der Waals surface area contributed by atoms with E-state index in [0.717, 1.165) is 0 Å². The molecule has 12 heteroatoms. The summed E-state index contributed by atoms with van der Waals surface area (Å²) in [6, 6.07) is 18.5. The highest BCUT2D eigenvalue weighted by Gasteiger charge is 2.35. The van der Waals surface area contributed by atoms with Gasteiger partial charge in [-0.2, -0.15) is 0 Å². The zero-order chi connectivity index (χ0) is 29.0. The van der Waals surface area contributed by atoms with E-state index in [4.69, 9.17) is 19.9 Å². The van der Waals surface area contributed by atoms with Crippen molar-refractivity contribution in [2.45, 2.75) is 29.7 Å². The lowest BCUT2D eigenvalue weighted by molar-refractivity contribution is -0.126. The van der Waals surface area contributed by atoms with Crippen LogP contribution in [0.1, 0.15) is 18.4 Å². The molecule has 41 heavy (non-hydrogen) atoms.